The number of nitrogens with one attached hydrogen (secondary N) is 1. The van der Waals surface area contributed by atoms with Gasteiger partial charge in [-0.15, -0.1) is 0 Å². The number of hydrogen-bond donors (Lipinski definition) is 1. The minimum atomic E-state index is -4.73. The summed E-state index contributed by atoms with van der Waals surface area (Å²) >= 11 is 0. The maximum Gasteiger partial charge on any atom is 0.467 e. The van der Waals surface area contributed by atoms with Crippen molar-refractivity contribution in [2.45, 2.75) is 31.9 Å². The average Bonchev–Trinajstić information content (AvgIpc) is 2.51. The van der Waals surface area contributed by atoms with E-state index in [1.165, 1.54) is 6.08 Å². The molecule has 0 aromatic rings. The van der Waals surface area contributed by atoms with Crippen LogP contribution in [0.2, 0.25) is 0 Å². The summed E-state index contributed by atoms with van der Waals surface area (Å²) in [4.78, 5) is 0. The van der Waals surface area contributed by atoms with Crippen molar-refractivity contribution >= 4 is 5.90 Å². The van der Waals surface area contributed by atoms with Crippen molar-refractivity contribution in [3.8, 4) is 0 Å². The van der Waals surface area contributed by atoms with Crippen LogP contribution < -0.4 is 0 Å². The Morgan fingerprint density at radius 1 is 1.53 bits per heavy atom. The van der Waals surface area contributed by atoms with E-state index in [4.69, 9.17) is 14.9 Å². The molecule has 4 nitrogen and oxygen atoms in total. The van der Waals surface area contributed by atoms with Crippen LogP contribution in [0, 0.1) is 5.41 Å². The first-order chi connectivity index (χ1) is 7.71. The molecule has 1 aliphatic rings. The molecule has 7 heteroatoms. The highest BCUT2D eigenvalue weighted by molar-refractivity contribution is 5.78. The van der Waals surface area contributed by atoms with Gasteiger partial charge in [-0.3, -0.25) is 5.41 Å². The summed E-state index contributed by atoms with van der Waals surface area (Å²) in [5, 5.41) is 6.55. The van der Waals surface area contributed by atoms with Crippen LogP contribution in [0.3, 0.4) is 0 Å². The Hall–Kier alpha value is -1.08. The highest BCUT2D eigenvalue weighted by Gasteiger charge is 2.36. The summed E-state index contributed by atoms with van der Waals surface area (Å²) in [6.45, 7) is 3.52. The van der Waals surface area contributed by atoms with E-state index in [0.717, 1.165) is 0 Å². The second kappa shape index (κ2) is 5.05. The molecule has 98 valence electrons. The Morgan fingerprint density at radius 2 is 2.18 bits per heavy atom. The lowest BCUT2D eigenvalue weighted by atomic mass is 10.3. The molecule has 1 N–H and O–H groups in total. The van der Waals surface area contributed by atoms with Gasteiger partial charge in [0.15, 0.2) is 5.79 Å². The van der Waals surface area contributed by atoms with Crippen LogP contribution in [0.25, 0.3) is 0 Å². The molecule has 1 saturated heterocycles. The molecule has 0 bridgehead atoms. The lowest BCUT2D eigenvalue weighted by molar-refractivity contribution is -0.133. The summed E-state index contributed by atoms with van der Waals surface area (Å²) in [5.74, 6) is -2.37. The standard InChI is InChI=1S/C10H14F3NO3/c1-9(2)16-6-7(17-9)4-3-5-15-8(14)10(11,12)13/h3-4,7,14H,5-6H2,1-2H3/b4-3+,14-8?/t7-/m0/s1. The Balaban J connectivity index is 2.26. The molecule has 0 aromatic carbocycles. The van der Waals surface area contributed by atoms with Crippen molar-refractivity contribution in [3.63, 3.8) is 0 Å². The first kappa shape index (κ1) is 14.0. The van der Waals surface area contributed by atoms with Crippen molar-refractivity contribution in [3.05, 3.63) is 12.2 Å². The van der Waals surface area contributed by atoms with Crippen LogP contribution >= 0.6 is 0 Å². The van der Waals surface area contributed by atoms with E-state index in [2.05, 4.69) is 4.74 Å². The molecule has 1 atom stereocenters. The molecule has 1 heterocycles. The van der Waals surface area contributed by atoms with Gasteiger partial charge in [0.25, 0.3) is 5.90 Å². The van der Waals surface area contributed by atoms with E-state index < -0.39 is 17.9 Å². The van der Waals surface area contributed by atoms with Crippen LogP contribution in [0.1, 0.15) is 13.8 Å². The average molecular weight is 253 g/mol. The molecular weight excluding hydrogens is 239 g/mol. The molecular formula is C10H14F3NO3. The van der Waals surface area contributed by atoms with E-state index in [0.29, 0.717) is 6.61 Å². The van der Waals surface area contributed by atoms with Crippen molar-refractivity contribution in [2.75, 3.05) is 13.2 Å². The normalized spacial score (nSPS) is 24.2. The van der Waals surface area contributed by atoms with Gasteiger partial charge in [0.2, 0.25) is 0 Å². The van der Waals surface area contributed by atoms with E-state index in [9.17, 15) is 13.2 Å². The van der Waals surface area contributed by atoms with Crippen molar-refractivity contribution in [2.24, 2.45) is 0 Å². The highest BCUT2D eigenvalue weighted by Crippen LogP contribution is 2.22. The smallest absolute Gasteiger partial charge is 0.467 e. The Labute approximate surface area is 96.9 Å². The predicted octanol–water partition coefficient (Wildman–Crippen LogP) is 2.25. The lowest BCUT2D eigenvalue weighted by Gasteiger charge is -2.15. The SMILES string of the molecule is CC1(C)OC[C@H](/C=C/COC(=N)C(F)(F)F)O1. The van der Waals surface area contributed by atoms with Gasteiger partial charge in [-0.2, -0.15) is 13.2 Å². The van der Waals surface area contributed by atoms with Crippen LogP contribution in [-0.2, 0) is 14.2 Å². The molecule has 0 saturated carbocycles. The third kappa shape index (κ3) is 4.74. The number of rotatable bonds is 3. The Morgan fingerprint density at radius 3 is 2.65 bits per heavy atom. The fourth-order valence-electron chi connectivity index (χ4n) is 1.23. The molecule has 1 fully saturated rings. The van der Waals surface area contributed by atoms with Crippen molar-refractivity contribution in [1.29, 1.82) is 5.41 Å². The second-order valence-electron chi connectivity index (χ2n) is 3.93. The second-order valence-corrected chi connectivity index (χ2v) is 3.93. The maximum absolute atomic E-state index is 11.9. The molecule has 0 spiro atoms. The number of halogens is 3. The topological polar surface area (TPSA) is 51.5 Å². The predicted molar refractivity (Wildman–Crippen MR) is 53.8 cm³/mol. The first-order valence-corrected chi connectivity index (χ1v) is 4.98. The van der Waals surface area contributed by atoms with Crippen LogP contribution in [0.5, 0.6) is 0 Å². The van der Waals surface area contributed by atoms with Crippen molar-refractivity contribution in [1.82, 2.24) is 0 Å². The molecule has 17 heavy (non-hydrogen) atoms. The summed E-state index contributed by atoms with van der Waals surface area (Å²) in [6.07, 6.45) is -2.11. The molecule has 0 aliphatic carbocycles. The van der Waals surface area contributed by atoms with Crippen LogP contribution in [-0.4, -0.2) is 37.2 Å². The summed E-state index contributed by atoms with van der Waals surface area (Å²) in [6, 6.07) is 0. The third-order valence-corrected chi connectivity index (χ3v) is 1.96. The lowest BCUT2D eigenvalue weighted by Crippen LogP contribution is -2.24. The Kier molecular flexibility index (Phi) is 4.16. The van der Waals surface area contributed by atoms with Crippen LogP contribution in [0.15, 0.2) is 12.2 Å². The van der Waals surface area contributed by atoms with Gasteiger partial charge in [0.1, 0.15) is 12.7 Å². The van der Waals surface area contributed by atoms with E-state index in [-0.39, 0.29) is 12.7 Å². The molecule has 0 aromatic heterocycles. The quantitative estimate of drug-likeness (QED) is 0.477. The molecule has 0 unspecified atom stereocenters. The Bertz CT molecular complexity index is 312. The summed E-state index contributed by atoms with van der Waals surface area (Å²) in [5.41, 5.74) is 0. The van der Waals surface area contributed by atoms with Gasteiger partial charge in [-0.05, 0) is 19.9 Å². The van der Waals surface area contributed by atoms with E-state index in [1.54, 1.807) is 19.9 Å². The minimum absolute atomic E-state index is 0.298. The number of hydrogen-bond acceptors (Lipinski definition) is 4. The van der Waals surface area contributed by atoms with E-state index >= 15 is 0 Å². The highest BCUT2D eigenvalue weighted by atomic mass is 19.4. The van der Waals surface area contributed by atoms with Gasteiger partial charge in [-0.1, -0.05) is 6.08 Å². The monoisotopic (exact) mass is 253 g/mol. The fraction of sp³-hybridized carbons (Fsp3) is 0.700. The minimum Gasteiger partial charge on any atom is -0.470 e. The van der Waals surface area contributed by atoms with Gasteiger partial charge in [0, 0.05) is 0 Å². The van der Waals surface area contributed by atoms with Gasteiger partial charge in [0.05, 0.1) is 6.61 Å². The molecule has 0 radical (unpaired) electrons. The largest absolute Gasteiger partial charge is 0.470 e. The van der Waals surface area contributed by atoms with Gasteiger partial charge < -0.3 is 14.2 Å². The molecule has 0 amide bonds. The first-order valence-electron chi connectivity index (χ1n) is 4.98. The zero-order valence-corrected chi connectivity index (χ0v) is 9.50. The fourth-order valence-corrected chi connectivity index (χ4v) is 1.23. The molecule has 1 aliphatic heterocycles. The van der Waals surface area contributed by atoms with E-state index in [1.807, 2.05) is 0 Å². The maximum atomic E-state index is 11.9. The molecule has 1 rings (SSSR count). The zero-order chi connectivity index (χ0) is 13.1. The summed E-state index contributed by atoms with van der Waals surface area (Å²) in [7, 11) is 0. The number of alkyl halides is 3. The third-order valence-electron chi connectivity index (χ3n) is 1.96. The van der Waals surface area contributed by atoms with Gasteiger partial charge in [-0.25, -0.2) is 0 Å². The van der Waals surface area contributed by atoms with Gasteiger partial charge >= 0.3 is 6.18 Å². The number of ether oxygens (including phenoxy) is 3. The zero-order valence-electron chi connectivity index (χ0n) is 9.50. The van der Waals surface area contributed by atoms with Crippen molar-refractivity contribution < 1.29 is 27.4 Å². The summed E-state index contributed by atoms with van der Waals surface area (Å²) < 4.78 is 50.4. The van der Waals surface area contributed by atoms with Crippen LogP contribution in [0.4, 0.5) is 13.2 Å².